The van der Waals surface area contributed by atoms with Crippen LogP contribution < -0.4 is 11.1 Å². The second kappa shape index (κ2) is 12.2. The number of aliphatic hydroxyl groups excluding tert-OH is 2. The Morgan fingerprint density at radius 2 is 1.70 bits per heavy atom. The number of carbonyl (C=O) groups is 1. The van der Waals surface area contributed by atoms with Gasteiger partial charge < -0.3 is 35.5 Å². The van der Waals surface area contributed by atoms with Crippen molar-refractivity contribution in [2.24, 2.45) is 5.73 Å². The molecule has 3 rings (SSSR count). The minimum absolute atomic E-state index is 0.105. The lowest BCUT2D eigenvalue weighted by atomic mass is 9.97. The van der Waals surface area contributed by atoms with E-state index in [1.165, 1.54) is 0 Å². The van der Waals surface area contributed by atoms with E-state index in [9.17, 15) is 15.0 Å². The molecule has 0 aromatic heterocycles. The highest BCUT2D eigenvalue weighted by Crippen LogP contribution is 2.25. The SMILES string of the molecule is CC(Cc1ccccc1)NC(=O)C(C)OC1C(N)C(OCc2ccccc2)OC(CO)C1O. The smallest absolute Gasteiger partial charge is 0.249 e. The summed E-state index contributed by atoms with van der Waals surface area (Å²) in [7, 11) is 0. The Bertz CT molecular complexity index is 852. The summed E-state index contributed by atoms with van der Waals surface area (Å²) in [5.74, 6) is -0.313. The summed E-state index contributed by atoms with van der Waals surface area (Å²) >= 11 is 0. The number of ether oxygens (including phenoxy) is 3. The maximum Gasteiger partial charge on any atom is 0.249 e. The second-order valence-corrected chi connectivity index (χ2v) is 8.43. The number of carbonyl (C=O) groups excluding carboxylic acids is 1. The number of hydrogen-bond acceptors (Lipinski definition) is 7. The van der Waals surface area contributed by atoms with Crippen LogP contribution in [0.1, 0.15) is 25.0 Å². The Hall–Kier alpha value is -2.33. The van der Waals surface area contributed by atoms with Crippen LogP contribution in [0, 0.1) is 0 Å². The van der Waals surface area contributed by atoms with Gasteiger partial charge in [-0.2, -0.15) is 0 Å². The summed E-state index contributed by atoms with van der Waals surface area (Å²) in [4.78, 5) is 12.7. The molecular formula is C25H34N2O6. The molecule has 8 nitrogen and oxygen atoms in total. The Labute approximate surface area is 194 Å². The Morgan fingerprint density at radius 1 is 1.09 bits per heavy atom. The lowest BCUT2D eigenvalue weighted by Crippen LogP contribution is -2.64. The van der Waals surface area contributed by atoms with E-state index in [1.54, 1.807) is 6.92 Å². The first kappa shape index (κ1) is 25.3. The van der Waals surface area contributed by atoms with Crippen molar-refractivity contribution in [3.8, 4) is 0 Å². The van der Waals surface area contributed by atoms with Gasteiger partial charge in [0.25, 0.3) is 0 Å². The summed E-state index contributed by atoms with van der Waals surface area (Å²) in [6.45, 7) is 3.33. The number of nitrogens with two attached hydrogens (primary N) is 1. The average Bonchev–Trinajstić information content (AvgIpc) is 2.82. The molecule has 1 fully saturated rings. The summed E-state index contributed by atoms with van der Waals surface area (Å²) in [6.07, 6.45) is -4.21. The van der Waals surface area contributed by atoms with Gasteiger partial charge in [0.2, 0.25) is 5.91 Å². The van der Waals surface area contributed by atoms with Gasteiger partial charge in [-0.3, -0.25) is 4.79 Å². The van der Waals surface area contributed by atoms with Gasteiger partial charge in [-0.05, 0) is 31.4 Å². The molecule has 7 atom stereocenters. The van der Waals surface area contributed by atoms with Crippen molar-refractivity contribution in [1.82, 2.24) is 5.32 Å². The third kappa shape index (κ3) is 7.07. The molecule has 1 heterocycles. The van der Waals surface area contributed by atoms with E-state index < -0.39 is 43.4 Å². The van der Waals surface area contributed by atoms with Gasteiger partial charge >= 0.3 is 0 Å². The number of rotatable bonds is 10. The maximum atomic E-state index is 12.7. The van der Waals surface area contributed by atoms with Crippen LogP contribution in [0.15, 0.2) is 60.7 Å². The van der Waals surface area contributed by atoms with Gasteiger partial charge in [0.1, 0.15) is 24.4 Å². The van der Waals surface area contributed by atoms with Crippen LogP contribution in [0.3, 0.4) is 0 Å². The predicted octanol–water partition coefficient (Wildman–Crippen LogP) is 1.13. The second-order valence-electron chi connectivity index (χ2n) is 8.43. The minimum atomic E-state index is -1.21. The van der Waals surface area contributed by atoms with Gasteiger partial charge in [-0.25, -0.2) is 0 Å². The van der Waals surface area contributed by atoms with E-state index in [0.29, 0.717) is 6.42 Å². The van der Waals surface area contributed by atoms with Gasteiger partial charge in [0.15, 0.2) is 6.29 Å². The van der Waals surface area contributed by atoms with Crippen molar-refractivity contribution in [3.63, 3.8) is 0 Å². The van der Waals surface area contributed by atoms with Crippen LogP contribution in [0.25, 0.3) is 0 Å². The third-order valence-corrected chi connectivity index (χ3v) is 5.66. The molecular weight excluding hydrogens is 424 g/mol. The van der Waals surface area contributed by atoms with Crippen LogP contribution in [-0.4, -0.2) is 65.5 Å². The molecule has 7 unspecified atom stereocenters. The molecule has 1 aliphatic rings. The molecule has 0 aliphatic carbocycles. The van der Waals surface area contributed by atoms with E-state index >= 15 is 0 Å². The molecule has 2 aromatic rings. The van der Waals surface area contributed by atoms with Crippen LogP contribution in [-0.2, 0) is 32.0 Å². The van der Waals surface area contributed by atoms with Gasteiger partial charge in [-0.15, -0.1) is 0 Å². The van der Waals surface area contributed by atoms with Crippen LogP contribution in [0.5, 0.6) is 0 Å². The van der Waals surface area contributed by atoms with Crippen LogP contribution >= 0.6 is 0 Å². The lowest BCUT2D eigenvalue weighted by molar-refractivity contribution is -0.279. The van der Waals surface area contributed by atoms with Crippen molar-refractivity contribution in [2.75, 3.05) is 6.61 Å². The number of benzene rings is 2. The predicted molar refractivity (Wildman–Crippen MR) is 123 cm³/mol. The molecule has 8 heteroatoms. The minimum Gasteiger partial charge on any atom is -0.394 e. The zero-order valence-corrected chi connectivity index (χ0v) is 19.0. The molecule has 1 aliphatic heterocycles. The number of amides is 1. The van der Waals surface area contributed by atoms with Crippen LogP contribution in [0.4, 0.5) is 0 Å². The van der Waals surface area contributed by atoms with Crippen LogP contribution in [0.2, 0.25) is 0 Å². The number of hydrogen-bond donors (Lipinski definition) is 4. The van der Waals surface area contributed by atoms with Crippen molar-refractivity contribution < 1.29 is 29.2 Å². The standard InChI is InChI=1S/C25H34N2O6/c1-16(13-18-9-5-3-6-10-18)27-24(30)17(2)32-23-21(26)25(33-20(14-28)22(23)29)31-15-19-11-7-4-8-12-19/h3-12,16-17,20-23,25,28-29H,13-15,26H2,1-2H3,(H,27,30). The Kier molecular flexibility index (Phi) is 9.37. The normalized spacial score (nSPS) is 27.0. The summed E-state index contributed by atoms with van der Waals surface area (Å²) in [5, 5.41) is 23.2. The number of nitrogens with one attached hydrogen (secondary N) is 1. The fourth-order valence-electron chi connectivity index (χ4n) is 3.84. The molecule has 1 amide bonds. The van der Waals surface area contributed by atoms with Gasteiger partial charge in [-0.1, -0.05) is 60.7 Å². The van der Waals surface area contributed by atoms with Crippen molar-refractivity contribution in [2.45, 2.75) is 69.7 Å². The fraction of sp³-hybridized carbons (Fsp3) is 0.480. The third-order valence-electron chi connectivity index (χ3n) is 5.66. The molecule has 180 valence electrons. The molecule has 0 radical (unpaired) electrons. The summed E-state index contributed by atoms with van der Waals surface area (Å²) in [6, 6.07) is 18.4. The molecule has 5 N–H and O–H groups in total. The zero-order valence-electron chi connectivity index (χ0n) is 19.0. The Morgan fingerprint density at radius 3 is 2.30 bits per heavy atom. The highest BCUT2D eigenvalue weighted by molar-refractivity contribution is 5.80. The monoisotopic (exact) mass is 458 g/mol. The first-order valence-corrected chi connectivity index (χ1v) is 11.2. The van der Waals surface area contributed by atoms with Gasteiger partial charge in [0.05, 0.1) is 19.3 Å². The topological polar surface area (TPSA) is 123 Å². The molecule has 33 heavy (non-hydrogen) atoms. The van der Waals surface area contributed by atoms with Crippen molar-refractivity contribution >= 4 is 5.91 Å². The van der Waals surface area contributed by atoms with Crippen molar-refractivity contribution in [3.05, 3.63) is 71.8 Å². The molecule has 0 bridgehead atoms. The Balaban J connectivity index is 1.58. The highest BCUT2D eigenvalue weighted by atomic mass is 16.7. The first-order chi connectivity index (χ1) is 15.9. The number of aliphatic hydroxyl groups is 2. The average molecular weight is 459 g/mol. The van der Waals surface area contributed by atoms with E-state index in [0.717, 1.165) is 11.1 Å². The van der Waals surface area contributed by atoms with E-state index in [-0.39, 0.29) is 18.6 Å². The lowest BCUT2D eigenvalue weighted by Gasteiger charge is -2.43. The molecule has 2 aromatic carbocycles. The van der Waals surface area contributed by atoms with Gasteiger partial charge in [0, 0.05) is 6.04 Å². The highest BCUT2D eigenvalue weighted by Gasteiger charge is 2.45. The quantitative estimate of drug-likeness (QED) is 0.421. The molecule has 0 spiro atoms. The first-order valence-electron chi connectivity index (χ1n) is 11.2. The zero-order chi connectivity index (χ0) is 23.8. The maximum absolute atomic E-state index is 12.7. The van der Waals surface area contributed by atoms with E-state index in [1.807, 2.05) is 67.6 Å². The van der Waals surface area contributed by atoms with E-state index in [2.05, 4.69) is 5.32 Å². The summed E-state index contributed by atoms with van der Waals surface area (Å²) in [5.41, 5.74) is 8.34. The molecule has 0 saturated carbocycles. The fourth-order valence-corrected chi connectivity index (χ4v) is 3.84. The summed E-state index contributed by atoms with van der Waals surface area (Å²) < 4.78 is 17.4. The largest absolute Gasteiger partial charge is 0.394 e. The van der Waals surface area contributed by atoms with E-state index in [4.69, 9.17) is 19.9 Å². The molecule has 1 saturated heterocycles. The van der Waals surface area contributed by atoms with Crippen molar-refractivity contribution in [1.29, 1.82) is 0 Å².